The number of hydrogen-bond acceptors (Lipinski definition) is 5. The third-order valence-corrected chi connectivity index (χ3v) is 7.48. The summed E-state index contributed by atoms with van der Waals surface area (Å²) < 4.78 is 19.2. The molecule has 1 aromatic carbocycles. The summed E-state index contributed by atoms with van der Waals surface area (Å²) in [6.07, 6.45) is 7.62. The number of aromatic nitrogens is 1. The zero-order valence-corrected chi connectivity index (χ0v) is 17.6. The Balaban J connectivity index is 1.16. The van der Waals surface area contributed by atoms with Crippen LogP contribution in [0.3, 0.4) is 0 Å². The lowest BCUT2D eigenvalue weighted by Gasteiger charge is -2.57. The summed E-state index contributed by atoms with van der Waals surface area (Å²) in [5.41, 5.74) is 2.37. The fourth-order valence-corrected chi connectivity index (χ4v) is 6.22. The van der Waals surface area contributed by atoms with E-state index in [4.69, 9.17) is 9.72 Å². The number of aryl methyl sites for hydroxylation is 1. The van der Waals surface area contributed by atoms with Crippen LogP contribution >= 0.6 is 0 Å². The molecular weight excluding hydrogens is 395 g/mol. The summed E-state index contributed by atoms with van der Waals surface area (Å²) in [4.78, 5) is 20.1. The number of nitrogens with zero attached hydrogens (tertiary/aromatic N) is 2. The molecule has 4 fully saturated rings. The lowest BCUT2D eigenvalue weighted by molar-refractivity contribution is -0.122. The van der Waals surface area contributed by atoms with Crippen molar-refractivity contribution in [3.05, 3.63) is 41.8 Å². The summed E-state index contributed by atoms with van der Waals surface area (Å²) in [6, 6.07) is 7.61. The first-order chi connectivity index (χ1) is 15.0. The average Bonchev–Trinajstić information content (AvgIpc) is 2.74. The van der Waals surface area contributed by atoms with Crippen molar-refractivity contribution in [1.82, 2.24) is 4.98 Å². The van der Waals surface area contributed by atoms with Gasteiger partial charge in [-0.15, -0.1) is 0 Å². The molecule has 162 valence electrons. The maximum atomic E-state index is 13.5. The van der Waals surface area contributed by atoms with Gasteiger partial charge in [-0.2, -0.15) is 0 Å². The largest absolute Gasteiger partial charge is 0.476 e. The third-order valence-electron chi connectivity index (χ3n) is 7.48. The number of pyridine rings is 1. The first-order valence-corrected chi connectivity index (χ1v) is 11.3. The number of anilines is 3. The van der Waals surface area contributed by atoms with Crippen molar-refractivity contribution in [1.29, 1.82) is 0 Å². The summed E-state index contributed by atoms with van der Waals surface area (Å²) in [5.74, 6) is 2.53. The van der Waals surface area contributed by atoms with E-state index in [1.54, 1.807) is 12.3 Å². The summed E-state index contributed by atoms with van der Waals surface area (Å²) in [7, 11) is 0. The van der Waals surface area contributed by atoms with E-state index < -0.39 is 11.9 Å². The Hall–Kier alpha value is -2.83. The predicted molar refractivity (Wildman–Crippen MR) is 117 cm³/mol. The highest BCUT2D eigenvalue weighted by molar-refractivity contribution is 5.96. The van der Waals surface area contributed by atoms with E-state index in [-0.39, 0.29) is 5.91 Å². The van der Waals surface area contributed by atoms with E-state index in [0.29, 0.717) is 35.8 Å². The van der Waals surface area contributed by atoms with Crippen LogP contribution in [-0.2, 0) is 4.79 Å². The van der Waals surface area contributed by atoms with E-state index in [0.717, 1.165) is 23.2 Å². The molecule has 7 heteroatoms. The molecule has 3 aliphatic heterocycles. The van der Waals surface area contributed by atoms with Gasteiger partial charge in [0.25, 0.3) is 5.91 Å². The molecule has 0 radical (unpaired) electrons. The van der Waals surface area contributed by atoms with Gasteiger partial charge in [0.15, 0.2) is 6.10 Å². The monoisotopic (exact) mass is 422 g/mol. The summed E-state index contributed by atoms with van der Waals surface area (Å²) in [5, 5.41) is 6.07. The molecule has 4 heterocycles. The summed E-state index contributed by atoms with van der Waals surface area (Å²) >= 11 is 0. The Labute approximate surface area is 181 Å². The molecule has 4 bridgehead atoms. The minimum Gasteiger partial charge on any atom is -0.476 e. The Morgan fingerprint density at radius 1 is 1.16 bits per heavy atom. The van der Waals surface area contributed by atoms with Gasteiger partial charge in [0.2, 0.25) is 0 Å². The molecule has 6 nitrogen and oxygen atoms in total. The van der Waals surface area contributed by atoms with Gasteiger partial charge in [0.1, 0.15) is 17.4 Å². The van der Waals surface area contributed by atoms with Gasteiger partial charge in [-0.25, -0.2) is 9.37 Å². The Kier molecular flexibility index (Phi) is 4.33. The van der Waals surface area contributed by atoms with E-state index in [9.17, 15) is 9.18 Å². The third kappa shape index (κ3) is 3.30. The molecule has 2 N–H and O–H groups in total. The van der Waals surface area contributed by atoms with Gasteiger partial charge < -0.3 is 20.3 Å². The van der Waals surface area contributed by atoms with Crippen molar-refractivity contribution in [2.75, 3.05) is 22.1 Å². The maximum absolute atomic E-state index is 13.5. The highest BCUT2D eigenvalue weighted by Crippen LogP contribution is 2.50. The van der Waals surface area contributed by atoms with Gasteiger partial charge in [-0.05, 0) is 74.6 Å². The average molecular weight is 423 g/mol. The standard InChI is InChI=1S/C24H27FN4O2/c1-13-4-23(29-17-6-14-5-15(8-17)9-18(29)7-14)27-11-20(13)28-24(30)22-12-26-19-3-2-16(25)10-21(19)31-22/h2-4,10-11,14-15,17-18,22,26H,5-9,12H2,1H3,(H,28,30). The van der Waals surface area contributed by atoms with Gasteiger partial charge in [-0.3, -0.25) is 4.79 Å². The SMILES string of the molecule is Cc1cc(N2C3CC4CC(C3)CC2C4)ncc1NC(=O)C1CNc2ccc(F)cc2O1. The number of halogens is 1. The van der Waals surface area contributed by atoms with Crippen LogP contribution in [0.15, 0.2) is 30.5 Å². The molecule has 2 saturated carbocycles. The molecule has 0 spiro atoms. The van der Waals surface area contributed by atoms with Crippen molar-refractivity contribution in [2.45, 2.75) is 57.2 Å². The van der Waals surface area contributed by atoms with Crippen LogP contribution < -0.4 is 20.3 Å². The first-order valence-electron chi connectivity index (χ1n) is 11.3. The van der Waals surface area contributed by atoms with Crippen LogP contribution in [-0.4, -0.2) is 35.6 Å². The number of rotatable bonds is 3. The molecule has 1 atom stereocenters. The predicted octanol–water partition coefficient (Wildman–Crippen LogP) is 4.11. The second-order valence-corrected chi connectivity index (χ2v) is 9.60. The van der Waals surface area contributed by atoms with Gasteiger partial charge in [0.05, 0.1) is 24.1 Å². The number of nitrogens with one attached hydrogen (secondary N) is 2. The molecule has 2 aliphatic carbocycles. The fraction of sp³-hybridized carbons (Fsp3) is 0.500. The number of piperidine rings is 2. The number of hydrogen-bond donors (Lipinski definition) is 2. The lowest BCUT2D eigenvalue weighted by Crippen LogP contribution is -2.58. The second-order valence-electron chi connectivity index (χ2n) is 9.60. The zero-order valence-electron chi connectivity index (χ0n) is 17.6. The van der Waals surface area contributed by atoms with Crippen molar-refractivity contribution in [3.63, 3.8) is 0 Å². The van der Waals surface area contributed by atoms with Gasteiger partial charge >= 0.3 is 0 Å². The molecular formula is C24H27FN4O2. The zero-order chi connectivity index (χ0) is 21.1. The Bertz CT molecular complexity index is 1010. The van der Waals surface area contributed by atoms with E-state index >= 15 is 0 Å². The number of ether oxygens (including phenoxy) is 1. The fourth-order valence-electron chi connectivity index (χ4n) is 6.22. The molecule has 7 rings (SSSR count). The van der Waals surface area contributed by atoms with Crippen LogP contribution in [0.1, 0.15) is 37.7 Å². The van der Waals surface area contributed by atoms with Crippen molar-refractivity contribution >= 4 is 23.1 Å². The lowest BCUT2D eigenvalue weighted by atomic mass is 9.63. The molecule has 2 aromatic rings. The quantitative estimate of drug-likeness (QED) is 0.779. The van der Waals surface area contributed by atoms with Crippen molar-refractivity contribution < 1.29 is 13.9 Å². The molecule has 1 aromatic heterocycles. The Morgan fingerprint density at radius 2 is 1.90 bits per heavy atom. The highest BCUT2D eigenvalue weighted by atomic mass is 19.1. The van der Waals surface area contributed by atoms with E-state index in [1.807, 2.05) is 6.92 Å². The van der Waals surface area contributed by atoms with Crippen LogP contribution in [0, 0.1) is 24.6 Å². The van der Waals surface area contributed by atoms with Gasteiger partial charge in [-0.1, -0.05) is 0 Å². The minimum atomic E-state index is -0.735. The number of benzene rings is 1. The number of carbonyl (C=O) groups excluding carboxylic acids is 1. The second kappa shape index (κ2) is 7.11. The smallest absolute Gasteiger partial charge is 0.267 e. The first kappa shape index (κ1) is 18.9. The summed E-state index contributed by atoms with van der Waals surface area (Å²) in [6.45, 7) is 2.33. The highest BCUT2D eigenvalue weighted by Gasteiger charge is 2.47. The normalized spacial score (nSPS) is 30.4. The number of amides is 1. The van der Waals surface area contributed by atoms with Crippen molar-refractivity contribution in [2.24, 2.45) is 11.8 Å². The number of fused-ring (bicyclic) bond motifs is 1. The number of carbonyl (C=O) groups is 1. The minimum absolute atomic E-state index is 0.269. The topological polar surface area (TPSA) is 66.5 Å². The Morgan fingerprint density at radius 3 is 2.61 bits per heavy atom. The van der Waals surface area contributed by atoms with Crippen LogP contribution in [0.5, 0.6) is 5.75 Å². The maximum Gasteiger partial charge on any atom is 0.267 e. The van der Waals surface area contributed by atoms with E-state index in [1.165, 1.54) is 44.2 Å². The molecule has 1 amide bonds. The molecule has 2 saturated heterocycles. The van der Waals surface area contributed by atoms with Gasteiger partial charge in [0, 0.05) is 18.2 Å². The van der Waals surface area contributed by atoms with Crippen molar-refractivity contribution in [3.8, 4) is 5.75 Å². The van der Waals surface area contributed by atoms with Crippen LogP contribution in [0.4, 0.5) is 21.6 Å². The van der Waals surface area contributed by atoms with Crippen LogP contribution in [0.25, 0.3) is 0 Å². The molecule has 5 aliphatic rings. The van der Waals surface area contributed by atoms with E-state index in [2.05, 4.69) is 21.6 Å². The van der Waals surface area contributed by atoms with Crippen LogP contribution in [0.2, 0.25) is 0 Å². The molecule has 31 heavy (non-hydrogen) atoms. The molecule has 1 unspecified atom stereocenters.